The predicted octanol–water partition coefficient (Wildman–Crippen LogP) is 4.30. The minimum Gasteiger partial charge on any atom is -0.462 e. The van der Waals surface area contributed by atoms with Crippen molar-refractivity contribution in [1.29, 1.82) is 0 Å². The molecule has 0 saturated heterocycles. The van der Waals surface area contributed by atoms with Gasteiger partial charge in [-0.15, -0.1) is 0 Å². The lowest BCUT2D eigenvalue weighted by Gasteiger charge is -2.08. The van der Waals surface area contributed by atoms with Crippen LogP contribution in [0.4, 0.5) is 17.3 Å². The molecule has 1 amide bonds. The van der Waals surface area contributed by atoms with Crippen molar-refractivity contribution >= 4 is 40.8 Å². The van der Waals surface area contributed by atoms with Crippen LogP contribution in [0.3, 0.4) is 0 Å². The first-order valence-electron chi connectivity index (χ1n) is 8.48. The molecular formula is C20H17ClN4O3. The Bertz CT molecular complexity index is 976. The molecule has 0 saturated carbocycles. The third-order valence-corrected chi connectivity index (χ3v) is 3.88. The molecule has 8 heteroatoms. The lowest BCUT2D eigenvalue weighted by molar-refractivity contribution is 0.0526. The number of rotatable bonds is 6. The molecule has 1 heterocycles. The fourth-order valence-corrected chi connectivity index (χ4v) is 2.50. The Balaban J connectivity index is 1.62. The minimum atomic E-state index is -0.375. The molecule has 0 spiro atoms. The summed E-state index contributed by atoms with van der Waals surface area (Å²) >= 11 is 5.90. The quantitative estimate of drug-likeness (QED) is 0.603. The van der Waals surface area contributed by atoms with Gasteiger partial charge in [0.1, 0.15) is 0 Å². The number of hydrogen-bond acceptors (Lipinski definition) is 6. The molecule has 0 radical (unpaired) electrons. The smallest absolute Gasteiger partial charge is 0.338 e. The van der Waals surface area contributed by atoms with Gasteiger partial charge in [-0.2, -0.15) is 0 Å². The molecule has 0 aliphatic heterocycles. The number of carbonyl (C=O) groups excluding carboxylic acids is 2. The largest absolute Gasteiger partial charge is 0.462 e. The fraction of sp³-hybridized carbons (Fsp3) is 0.100. The first kappa shape index (κ1) is 19.3. The maximum absolute atomic E-state index is 12.3. The van der Waals surface area contributed by atoms with E-state index in [1.807, 2.05) is 0 Å². The molecule has 0 atom stereocenters. The molecule has 0 unspecified atom stereocenters. The zero-order valence-electron chi connectivity index (χ0n) is 15.0. The van der Waals surface area contributed by atoms with Crippen LogP contribution in [0, 0.1) is 0 Å². The summed E-state index contributed by atoms with van der Waals surface area (Å²) in [5.41, 5.74) is 2.05. The lowest BCUT2D eigenvalue weighted by Crippen LogP contribution is -2.13. The third kappa shape index (κ3) is 5.05. The highest BCUT2D eigenvalue weighted by Crippen LogP contribution is 2.17. The van der Waals surface area contributed by atoms with E-state index in [1.54, 1.807) is 55.5 Å². The van der Waals surface area contributed by atoms with E-state index >= 15 is 0 Å². The average Bonchev–Trinajstić information content (AvgIpc) is 2.69. The number of anilines is 3. The number of ether oxygens (including phenoxy) is 1. The van der Waals surface area contributed by atoms with E-state index in [1.165, 1.54) is 12.4 Å². The van der Waals surface area contributed by atoms with Gasteiger partial charge in [0.25, 0.3) is 5.91 Å². The van der Waals surface area contributed by atoms with E-state index in [9.17, 15) is 9.59 Å². The molecule has 28 heavy (non-hydrogen) atoms. The molecule has 3 rings (SSSR count). The average molecular weight is 397 g/mol. The Labute approximate surface area is 166 Å². The predicted molar refractivity (Wildman–Crippen MR) is 107 cm³/mol. The second-order valence-corrected chi connectivity index (χ2v) is 6.12. The van der Waals surface area contributed by atoms with Crippen LogP contribution in [-0.2, 0) is 4.74 Å². The van der Waals surface area contributed by atoms with E-state index in [-0.39, 0.29) is 11.9 Å². The number of hydrogen-bond donors (Lipinski definition) is 2. The van der Waals surface area contributed by atoms with Gasteiger partial charge in [0.05, 0.1) is 17.7 Å². The van der Waals surface area contributed by atoms with E-state index in [2.05, 4.69) is 20.6 Å². The second-order valence-electron chi connectivity index (χ2n) is 5.68. The molecule has 0 bridgehead atoms. The van der Waals surface area contributed by atoms with Crippen molar-refractivity contribution in [2.45, 2.75) is 6.92 Å². The molecule has 7 nitrogen and oxygen atoms in total. The number of nitrogens with zero attached hydrogens (tertiary/aromatic N) is 2. The molecule has 2 aromatic carbocycles. The summed E-state index contributed by atoms with van der Waals surface area (Å²) < 4.78 is 4.94. The number of esters is 1. The summed E-state index contributed by atoms with van der Waals surface area (Å²) in [5, 5.41) is 6.26. The summed E-state index contributed by atoms with van der Waals surface area (Å²) in [6.07, 6.45) is 2.84. The summed E-state index contributed by atoms with van der Waals surface area (Å²) in [5.74, 6) is -0.392. The van der Waals surface area contributed by atoms with Gasteiger partial charge >= 0.3 is 5.97 Å². The Morgan fingerprint density at radius 1 is 1.00 bits per heavy atom. The Morgan fingerprint density at radius 3 is 2.36 bits per heavy atom. The molecule has 1 aromatic heterocycles. The first-order chi connectivity index (χ1) is 13.5. The van der Waals surface area contributed by atoms with Gasteiger partial charge in [0, 0.05) is 28.8 Å². The number of nitrogens with one attached hydrogen (secondary N) is 2. The molecule has 3 aromatic rings. The Hall–Kier alpha value is -3.45. The highest BCUT2D eigenvalue weighted by atomic mass is 35.5. The second kappa shape index (κ2) is 8.96. The number of halogens is 1. The number of carbonyl (C=O) groups is 2. The monoisotopic (exact) mass is 396 g/mol. The number of amides is 1. The molecule has 2 N–H and O–H groups in total. The van der Waals surface area contributed by atoms with Gasteiger partial charge < -0.3 is 15.4 Å². The zero-order chi connectivity index (χ0) is 19.9. The summed E-state index contributed by atoms with van der Waals surface area (Å²) in [6, 6.07) is 13.6. The van der Waals surface area contributed by atoms with Crippen molar-refractivity contribution in [3.63, 3.8) is 0 Å². The molecule has 0 aliphatic carbocycles. The van der Waals surface area contributed by atoms with Crippen LogP contribution in [0.2, 0.25) is 5.02 Å². The summed E-state index contributed by atoms with van der Waals surface area (Å²) in [6.45, 7) is 2.08. The summed E-state index contributed by atoms with van der Waals surface area (Å²) in [4.78, 5) is 32.2. The highest BCUT2D eigenvalue weighted by molar-refractivity contribution is 6.30. The van der Waals surface area contributed by atoms with Crippen LogP contribution in [-0.4, -0.2) is 28.5 Å². The zero-order valence-corrected chi connectivity index (χ0v) is 15.7. The lowest BCUT2D eigenvalue weighted by atomic mass is 10.2. The molecule has 142 valence electrons. The van der Waals surface area contributed by atoms with Gasteiger partial charge in [0.2, 0.25) is 5.95 Å². The topological polar surface area (TPSA) is 93.2 Å². The Kier molecular flexibility index (Phi) is 6.18. The molecule has 0 aliphatic rings. The van der Waals surface area contributed by atoms with Crippen molar-refractivity contribution in [2.24, 2.45) is 0 Å². The standard InChI is InChI=1S/C20H17ClN4O3/c1-2-28-19(27)13-6-8-16(9-7-13)25-20-22-11-14(12-23-20)18(26)24-17-5-3-4-15(21)10-17/h3-12H,2H2,1H3,(H,24,26)(H,22,23,25). The molecule has 0 fully saturated rings. The summed E-state index contributed by atoms with van der Waals surface area (Å²) in [7, 11) is 0. The normalized spacial score (nSPS) is 10.2. The maximum atomic E-state index is 12.3. The van der Waals surface area contributed by atoms with Gasteiger partial charge in [-0.3, -0.25) is 4.79 Å². The van der Waals surface area contributed by atoms with Crippen LogP contribution < -0.4 is 10.6 Å². The first-order valence-corrected chi connectivity index (χ1v) is 8.86. The van der Waals surface area contributed by atoms with Crippen molar-refractivity contribution < 1.29 is 14.3 Å². The van der Waals surface area contributed by atoms with Crippen molar-refractivity contribution in [3.8, 4) is 0 Å². The fourth-order valence-electron chi connectivity index (χ4n) is 2.31. The van der Waals surface area contributed by atoms with Gasteiger partial charge in [0.15, 0.2) is 0 Å². The minimum absolute atomic E-state index is 0.309. The van der Waals surface area contributed by atoms with E-state index < -0.39 is 0 Å². The van der Waals surface area contributed by atoms with Crippen molar-refractivity contribution in [3.05, 3.63) is 77.1 Å². The van der Waals surface area contributed by atoms with Gasteiger partial charge in [-0.25, -0.2) is 14.8 Å². The number of aromatic nitrogens is 2. The third-order valence-electron chi connectivity index (χ3n) is 3.65. The van der Waals surface area contributed by atoms with Crippen molar-refractivity contribution in [1.82, 2.24) is 9.97 Å². The van der Waals surface area contributed by atoms with Gasteiger partial charge in [-0.05, 0) is 49.4 Å². The van der Waals surface area contributed by atoms with E-state index in [0.717, 1.165) is 0 Å². The van der Waals surface area contributed by atoms with Crippen molar-refractivity contribution in [2.75, 3.05) is 17.2 Å². The van der Waals surface area contributed by atoms with Crippen LogP contribution in [0.5, 0.6) is 0 Å². The van der Waals surface area contributed by atoms with E-state index in [4.69, 9.17) is 16.3 Å². The van der Waals surface area contributed by atoms with E-state index in [0.29, 0.717) is 40.1 Å². The van der Waals surface area contributed by atoms with Gasteiger partial charge in [-0.1, -0.05) is 17.7 Å². The Morgan fingerprint density at radius 2 is 1.71 bits per heavy atom. The number of benzene rings is 2. The van der Waals surface area contributed by atoms with Crippen LogP contribution in [0.15, 0.2) is 60.9 Å². The van der Waals surface area contributed by atoms with Crippen LogP contribution in [0.1, 0.15) is 27.6 Å². The van der Waals surface area contributed by atoms with Crippen LogP contribution >= 0.6 is 11.6 Å². The highest BCUT2D eigenvalue weighted by Gasteiger charge is 2.09. The molecular weight excluding hydrogens is 380 g/mol. The maximum Gasteiger partial charge on any atom is 0.338 e. The SMILES string of the molecule is CCOC(=O)c1ccc(Nc2ncc(C(=O)Nc3cccc(Cl)c3)cn2)cc1. The van der Waals surface area contributed by atoms with Crippen LogP contribution in [0.25, 0.3) is 0 Å².